The van der Waals surface area contributed by atoms with Gasteiger partial charge in [-0.2, -0.15) is 0 Å². The molecule has 2 atom stereocenters. The summed E-state index contributed by atoms with van der Waals surface area (Å²) in [6, 6.07) is -0.550. The van der Waals surface area contributed by atoms with Gasteiger partial charge in [-0.05, 0) is 83.5 Å². The summed E-state index contributed by atoms with van der Waals surface area (Å²) in [5, 5.41) is 23.3. The van der Waals surface area contributed by atoms with Crippen molar-refractivity contribution in [3.05, 3.63) is 36.5 Å². The number of rotatable bonds is 60. The lowest BCUT2D eigenvalue weighted by atomic mass is 10.0. The first kappa shape index (κ1) is 70.1. The number of unbranched alkanes of at least 4 members (excludes halogenated alkanes) is 44. The summed E-state index contributed by atoms with van der Waals surface area (Å²) in [5.41, 5.74) is 0. The maximum Gasteiger partial charge on any atom is 0.305 e. The van der Waals surface area contributed by atoms with E-state index in [4.69, 9.17) is 4.74 Å². The number of nitrogens with one attached hydrogen (secondary N) is 1. The van der Waals surface area contributed by atoms with Crippen molar-refractivity contribution in [3.63, 3.8) is 0 Å². The third kappa shape index (κ3) is 57.4. The summed E-state index contributed by atoms with van der Waals surface area (Å²) >= 11 is 0. The first-order valence-corrected chi connectivity index (χ1v) is 32.3. The topological polar surface area (TPSA) is 95.9 Å². The summed E-state index contributed by atoms with van der Waals surface area (Å²) in [5.74, 6) is -0.0584. The van der Waals surface area contributed by atoms with E-state index in [1.165, 1.54) is 244 Å². The lowest BCUT2D eigenvalue weighted by Crippen LogP contribution is -2.45. The summed E-state index contributed by atoms with van der Waals surface area (Å²) in [7, 11) is 0. The van der Waals surface area contributed by atoms with Gasteiger partial charge < -0.3 is 20.3 Å². The van der Waals surface area contributed by atoms with Gasteiger partial charge in [-0.25, -0.2) is 0 Å². The predicted molar refractivity (Wildman–Crippen MR) is 315 cm³/mol. The van der Waals surface area contributed by atoms with Crippen LogP contribution >= 0.6 is 0 Å². The van der Waals surface area contributed by atoms with Crippen molar-refractivity contribution in [2.45, 2.75) is 360 Å². The molecule has 0 aromatic carbocycles. The molecule has 0 aliphatic carbocycles. The number of hydrogen-bond acceptors (Lipinski definition) is 5. The first-order valence-electron chi connectivity index (χ1n) is 32.3. The van der Waals surface area contributed by atoms with Crippen molar-refractivity contribution in [1.82, 2.24) is 5.32 Å². The Morgan fingerprint density at radius 2 is 0.694 bits per heavy atom. The highest BCUT2D eigenvalue weighted by atomic mass is 16.5. The van der Waals surface area contributed by atoms with Crippen molar-refractivity contribution in [1.29, 1.82) is 0 Å². The molecule has 6 nitrogen and oxygen atoms in total. The fourth-order valence-corrected chi connectivity index (χ4v) is 9.98. The molecular weight excluding hydrogens is 887 g/mol. The number of carbonyl (C=O) groups excluding carboxylic acids is 2. The van der Waals surface area contributed by atoms with E-state index in [1.807, 2.05) is 0 Å². The fraction of sp³-hybridized carbons (Fsp3) is 0.879. The van der Waals surface area contributed by atoms with Crippen molar-refractivity contribution in [3.8, 4) is 0 Å². The van der Waals surface area contributed by atoms with E-state index in [-0.39, 0.29) is 18.5 Å². The summed E-state index contributed by atoms with van der Waals surface area (Å²) in [6.07, 6.45) is 77.3. The van der Waals surface area contributed by atoms with Crippen LogP contribution in [-0.2, 0) is 14.3 Å². The Bertz CT molecular complexity index is 1170. The van der Waals surface area contributed by atoms with Gasteiger partial charge in [-0.15, -0.1) is 0 Å². The van der Waals surface area contributed by atoms with Crippen LogP contribution in [0.5, 0.6) is 0 Å². The van der Waals surface area contributed by atoms with Crippen LogP contribution in [0.4, 0.5) is 0 Å². The normalized spacial score (nSPS) is 12.8. The molecule has 0 spiro atoms. The Morgan fingerprint density at radius 3 is 1.07 bits per heavy atom. The van der Waals surface area contributed by atoms with Crippen LogP contribution in [0.15, 0.2) is 36.5 Å². The minimum Gasteiger partial charge on any atom is -0.466 e. The van der Waals surface area contributed by atoms with Gasteiger partial charge in [0.1, 0.15) is 0 Å². The van der Waals surface area contributed by atoms with E-state index < -0.39 is 12.1 Å². The standard InChI is InChI=1S/C66H125NO5/c1-3-5-7-9-11-13-15-17-19-21-26-30-34-38-42-46-50-54-58-64(69)63(62-68)67-65(70)59-55-51-47-43-39-35-31-27-24-23-25-29-33-37-41-45-49-53-57-61-72-66(71)60-56-52-48-44-40-36-32-28-22-20-18-16-14-12-10-8-6-4-2/h20,22,29,33,37,41,63-64,68-69H,3-19,21,23-28,30-32,34-36,38-40,42-62H2,1-2H3,(H,67,70)/b22-20-,33-29-,41-37-. The van der Waals surface area contributed by atoms with Crippen LogP contribution in [0.2, 0.25) is 0 Å². The second-order valence-corrected chi connectivity index (χ2v) is 22.1. The third-order valence-electron chi connectivity index (χ3n) is 14.9. The molecule has 0 saturated carbocycles. The molecule has 424 valence electrons. The van der Waals surface area contributed by atoms with Gasteiger partial charge in [0.05, 0.1) is 25.4 Å². The van der Waals surface area contributed by atoms with Crippen LogP contribution in [-0.4, -0.2) is 47.4 Å². The molecular formula is C66H125NO5. The van der Waals surface area contributed by atoms with Crippen molar-refractivity contribution >= 4 is 11.9 Å². The highest BCUT2D eigenvalue weighted by Crippen LogP contribution is 2.18. The maximum atomic E-state index is 12.5. The van der Waals surface area contributed by atoms with E-state index in [0.29, 0.717) is 25.9 Å². The molecule has 3 N–H and O–H groups in total. The van der Waals surface area contributed by atoms with Gasteiger partial charge in [0.25, 0.3) is 0 Å². The minimum absolute atomic E-state index is 0.0158. The van der Waals surface area contributed by atoms with E-state index in [2.05, 4.69) is 55.6 Å². The lowest BCUT2D eigenvalue weighted by molar-refractivity contribution is -0.143. The number of amides is 1. The molecule has 0 aromatic heterocycles. The van der Waals surface area contributed by atoms with E-state index in [9.17, 15) is 19.8 Å². The summed E-state index contributed by atoms with van der Waals surface area (Å²) < 4.78 is 5.47. The molecule has 0 bridgehead atoms. The number of aliphatic hydroxyl groups is 2. The van der Waals surface area contributed by atoms with Crippen molar-refractivity contribution in [2.24, 2.45) is 0 Å². The van der Waals surface area contributed by atoms with E-state index >= 15 is 0 Å². The number of esters is 1. The minimum atomic E-state index is -0.672. The average molecular weight is 1010 g/mol. The maximum absolute atomic E-state index is 12.5. The molecule has 6 heteroatoms. The smallest absolute Gasteiger partial charge is 0.305 e. The number of aliphatic hydroxyl groups excluding tert-OH is 2. The first-order chi connectivity index (χ1) is 35.5. The fourth-order valence-electron chi connectivity index (χ4n) is 9.98. The summed E-state index contributed by atoms with van der Waals surface area (Å²) in [6.45, 7) is 4.93. The zero-order valence-electron chi connectivity index (χ0n) is 48.4. The van der Waals surface area contributed by atoms with Crippen LogP contribution in [0.25, 0.3) is 0 Å². The Labute approximate surface area is 449 Å². The highest BCUT2D eigenvalue weighted by molar-refractivity contribution is 5.76. The third-order valence-corrected chi connectivity index (χ3v) is 14.9. The molecule has 0 heterocycles. The second kappa shape index (κ2) is 61.6. The molecule has 0 saturated heterocycles. The molecule has 0 radical (unpaired) electrons. The average Bonchev–Trinajstić information content (AvgIpc) is 3.38. The van der Waals surface area contributed by atoms with Gasteiger partial charge in [0.15, 0.2) is 0 Å². The number of ether oxygens (including phenoxy) is 1. The quantitative estimate of drug-likeness (QED) is 0.0244. The van der Waals surface area contributed by atoms with Gasteiger partial charge in [-0.3, -0.25) is 9.59 Å². The van der Waals surface area contributed by atoms with Crippen molar-refractivity contribution in [2.75, 3.05) is 13.2 Å². The van der Waals surface area contributed by atoms with Crippen molar-refractivity contribution < 1.29 is 24.5 Å². The largest absolute Gasteiger partial charge is 0.466 e. The van der Waals surface area contributed by atoms with Gasteiger partial charge in [0, 0.05) is 12.8 Å². The summed E-state index contributed by atoms with van der Waals surface area (Å²) in [4.78, 5) is 24.6. The van der Waals surface area contributed by atoms with E-state index in [1.54, 1.807) is 0 Å². The van der Waals surface area contributed by atoms with Crippen LogP contribution < -0.4 is 5.32 Å². The Balaban J connectivity index is 3.46. The van der Waals surface area contributed by atoms with Crippen LogP contribution in [0.3, 0.4) is 0 Å². The molecule has 0 aromatic rings. The zero-order valence-corrected chi connectivity index (χ0v) is 48.4. The van der Waals surface area contributed by atoms with Gasteiger partial charge in [-0.1, -0.05) is 288 Å². The molecule has 0 rings (SSSR count). The van der Waals surface area contributed by atoms with Crippen LogP contribution in [0.1, 0.15) is 348 Å². The number of allylic oxidation sites excluding steroid dienone is 6. The van der Waals surface area contributed by atoms with E-state index in [0.717, 1.165) is 70.6 Å². The predicted octanol–water partition coefficient (Wildman–Crippen LogP) is 20.4. The highest BCUT2D eigenvalue weighted by Gasteiger charge is 2.20. The molecule has 1 amide bonds. The molecule has 0 aliphatic heterocycles. The monoisotopic (exact) mass is 1010 g/mol. The molecule has 0 aliphatic rings. The van der Waals surface area contributed by atoms with Gasteiger partial charge >= 0.3 is 5.97 Å². The molecule has 2 unspecified atom stereocenters. The number of carbonyl (C=O) groups is 2. The number of hydrogen-bond donors (Lipinski definition) is 3. The Hall–Kier alpha value is -1.92. The SMILES string of the molecule is CCCCCCCCC/C=C\CCCCCCCCCC(=O)OCCCCC/C=C\C=C/CCCCCCCCCCCCC(=O)NC(CO)C(O)CCCCCCCCCCCCCCCCCCCC. The molecule has 0 fully saturated rings. The second-order valence-electron chi connectivity index (χ2n) is 22.1. The lowest BCUT2D eigenvalue weighted by Gasteiger charge is -2.22. The van der Waals surface area contributed by atoms with Crippen LogP contribution in [0, 0.1) is 0 Å². The zero-order chi connectivity index (χ0) is 52.2. The molecule has 72 heavy (non-hydrogen) atoms. The Morgan fingerprint density at radius 1 is 0.389 bits per heavy atom. The van der Waals surface area contributed by atoms with Gasteiger partial charge in [0.2, 0.25) is 5.91 Å². The Kier molecular flexibility index (Phi) is 60.0.